The summed E-state index contributed by atoms with van der Waals surface area (Å²) in [6.07, 6.45) is 0. The van der Waals surface area contributed by atoms with Crippen molar-refractivity contribution in [3.63, 3.8) is 0 Å². The number of amides is 1. The first-order chi connectivity index (χ1) is 13.5. The zero-order valence-corrected chi connectivity index (χ0v) is 17.8. The fraction of sp³-hybridized carbons (Fsp3) is 0.333. The number of carbonyl (C=O) groups is 1. The molecule has 2 aromatic carbocycles. The minimum Gasteiger partial charge on any atom is -0.491 e. The van der Waals surface area contributed by atoms with Crippen molar-refractivity contribution >= 4 is 21.8 Å². The van der Waals surface area contributed by atoms with E-state index in [4.69, 9.17) is 19.5 Å². The molecule has 0 radical (unpaired) electrons. The predicted octanol–water partition coefficient (Wildman–Crippen LogP) is 3.94. The number of aryl methyl sites for hydroxylation is 1. The van der Waals surface area contributed by atoms with Gasteiger partial charge in [0.25, 0.3) is 5.91 Å². The average Bonchev–Trinajstić information content (AvgIpc) is 2.68. The van der Waals surface area contributed by atoms with Crippen molar-refractivity contribution in [1.29, 1.82) is 5.26 Å². The molecule has 28 heavy (non-hydrogen) atoms. The van der Waals surface area contributed by atoms with Gasteiger partial charge in [-0.1, -0.05) is 18.2 Å². The monoisotopic (exact) mass is 446 g/mol. The molecule has 0 aliphatic carbocycles. The van der Waals surface area contributed by atoms with Crippen LogP contribution in [0.25, 0.3) is 0 Å². The quantitative estimate of drug-likeness (QED) is 0.582. The Kier molecular flexibility index (Phi) is 8.15. The molecule has 148 valence electrons. The number of benzene rings is 2. The van der Waals surface area contributed by atoms with Crippen LogP contribution in [0.1, 0.15) is 18.1 Å². The van der Waals surface area contributed by atoms with Crippen LogP contribution in [0.5, 0.6) is 17.2 Å². The molecule has 0 atom stereocenters. The molecule has 6 nitrogen and oxygen atoms in total. The first-order valence-corrected chi connectivity index (χ1v) is 9.67. The summed E-state index contributed by atoms with van der Waals surface area (Å²) >= 11 is 3.37. The summed E-state index contributed by atoms with van der Waals surface area (Å²) in [4.78, 5) is 13.9. The van der Waals surface area contributed by atoms with E-state index >= 15 is 0 Å². The molecule has 0 aromatic heterocycles. The first-order valence-electron chi connectivity index (χ1n) is 8.87. The van der Waals surface area contributed by atoms with E-state index in [0.717, 1.165) is 11.3 Å². The lowest BCUT2D eigenvalue weighted by molar-refractivity contribution is -0.132. The van der Waals surface area contributed by atoms with Crippen LogP contribution in [0.2, 0.25) is 0 Å². The molecule has 0 fully saturated rings. The standard InChI is InChI=1S/C21H23BrN2O4/c1-4-26-19-12-16(13-23)11-17(22)21(19)28-14-20(25)24(3)9-10-27-18-8-6-5-7-15(18)2/h5-8,11-12H,4,9-10,14H2,1-3H3. The summed E-state index contributed by atoms with van der Waals surface area (Å²) in [6.45, 7) is 4.90. The molecule has 7 heteroatoms. The largest absolute Gasteiger partial charge is 0.491 e. The number of carbonyl (C=O) groups excluding carboxylic acids is 1. The maximum absolute atomic E-state index is 12.4. The van der Waals surface area contributed by atoms with Crippen molar-refractivity contribution in [2.75, 3.05) is 33.4 Å². The Labute approximate surface area is 173 Å². The van der Waals surface area contributed by atoms with Crippen LogP contribution in [0, 0.1) is 18.3 Å². The Bertz CT molecular complexity index is 864. The third kappa shape index (κ3) is 5.89. The summed E-state index contributed by atoms with van der Waals surface area (Å²) in [5, 5.41) is 9.08. The maximum atomic E-state index is 12.4. The highest BCUT2D eigenvalue weighted by Gasteiger charge is 2.16. The second-order valence-corrected chi connectivity index (χ2v) is 6.90. The number of likely N-dealkylation sites (N-methyl/N-ethyl adjacent to an activating group) is 1. The highest BCUT2D eigenvalue weighted by atomic mass is 79.9. The van der Waals surface area contributed by atoms with Crippen molar-refractivity contribution in [1.82, 2.24) is 4.90 Å². The average molecular weight is 447 g/mol. The van der Waals surface area contributed by atoms with Gasteiger partial charge in [-0.25, -0.2) is 0 Å². The van der Waals surface area contributed by atoms with Gasteiger partial charge in [0.1, 0.15) is 12.4 Å². The van der Waals surface area contributed by atoms with Gasteiger partial charge in [-0.15, -0.1) is 0 Å². The van der Waals surface area contributed by atoms with Crippen LogP contribution in [0.3, 0.4) is 0 Å². The number of rotatable bonds is 9. The van der Waals surface area contributed by atoms with E-state index in [1.54, 1.807) is 24.1 Å². The lowest BCUT2D eigenvalue weighted by Crippen LogP contribution is -2.34. The number of hydrogen-bond acceptors (Lipinski definition) is 5. The normalized spacial score (nSPS) is 10.1. The van der Waals surface area contributed by atoms with Crippen molar-refractivity contribution in [3.05, 3.63) is 52.0 Å². The fourth-order valence-corrected chi connectivity index (χ4v) is 2.97. The van der Waals surface area contributed by atoms with Gasteiger partial charge in [-0.3, -0.25) is 4.79 Å². The molecule has 2 aromatic rings. The number of halogens is 1. The highest BCUT2D eigenvalue weighted by Crippen LogP contribution is 2.36. The highest BCUT2D eigenvalue weighted by molar-refractivity contribution is 9.10. The van der Waals surface area contributed by atoms with Gasteiger partial charge in [-0.05, 0) is 47.5 Å². The van der Waals surface area contributed by atoms with Crippen LogP contribution in [0.4, 0.5) is 0 Å². The third-order valence-electron chi connectivity index (χ3n) is 3.98. The minimum absolute atomic E-state index is 0.147. The van der Waals surface area contributed by atoms with Gasteiger partial charge in [0.05, 0.1) is 29.3 Å². The van der Waals surface area contributed by atoms with Crippen LogP contribution < -0.4 is 14.2 Å². The van der Waals surface area contributed by atoms with E-state index in [0.29, 0.717) is 41.3 Å². The SMILES string of the molecule is CCOc1cc(C#N)cc(Br)c1OCC(=O)N(C)CCOc1ccccc1C. The summed E-state index contributed by atoms with van der Waals surface area (Å²) in [5.74, 6) is 1.44. The molecule has 1 amide bonds. The number of hydrogen-bond donors (Lipinski definition) is 0. The van der Waals surface area contributed by atoms with Gasteiger partial charge >= 0.3 is 0 Å². The van der Waals surface area contributed by atoms with Crippen molar-refractivity contribution < 1.29 is 19.0 Å². The van der Waals surface area contributed by atoms with Crippen LogP contribution in [0.15, 0.2) is 40.9 Å². The smallest absolute Gasteiger partial charge is 0.260 e. The molecular formula is C21H23BrN2O4. The number of nitriles is 1. The predicted molar refractivity (Wildman–Crippen MR) is 110 cm³/mol. The Hall–Kier alpha value is -2.72. The second-order valence-electron chi connectivity index (χ2n) is 6.05. The maximum Gasteiger partial charge on any atom is 0.260 e. The van der Waals surface area contributed by atoms with E-state index in [-0.39, 0.29) is 12.5 Å². The van der Waals surface area contributed by atoms with Gasteiger partial charge in [0.2, 0.25) is 0 Å². The fourth-order valence-electron chi connectivity index (χ4n) is 2.42. The zero-order valence-electron chi connectivity index (χ0n) is 16.2. The van der Waals surface area contributed by atoms with Crippen molar-refractivity contribution in [2.45, 2.75) is 13.8 Å². The molecule has 2 rings (SSSR count). The Morgan fingerprint density at radius 2 is 1.93 bits per heavy atom. The van der Waals surface area contributed by atoms with E-state index in [2.05, 4.69) is 22.0 Å². The van der Waals surface area contributed by atoms with Crippen molar-refractivity contribution in [3.8, 4) is 23.3 Å². The number of nitrogens with zero attached hydrogens (tertiary/aromatic N) is 2. The summed E-state index contributed by atoms with van der Waals surface area (Å²) in [6, 6.07) is 13.0. The van der Waals surface area contributed by atoms with E-state index in [1.165, 1.54) is 0 Å². The van der Waals surface area contributed by atoms with Gasteiger partial charge in [0, 0.05) is 13.1 Å². The summed E-state index contributed by atoms with van der Waals surface area (Å²) < 4.78 is 17.5. The topological polar surface area (TPSA) is 71.8 Å². The molecule has 0 unspecified atom stereocenters. The lowest BCUT2D eigenvalue weighted by Gasteiger charge is -2.19. The molecule has 0 bridgehead atoms. The summed E-state index contributed by atoms with van der Waals surface area (Å²) in [7, 11) is 1.70. The molecule has 0 heterocycles. The summed E-state index contributed by atoms with van der Waals surface area (Å²) in [5.41, 5.74) is 1.49. The molecule has 0 aliphatic rings. The number of para-hydroxylation sites is 1. The van der Waals surface area contributed by atoms with Crippen molar-refractivity contribution in [2.24, 2.45) is 0 Å². The van der Waals surface area contributed by atoms with E-state index < -0.39 is 0 Å². The Morgan fingerprint density at radius 1 is 1.18 bits per heavy atom. The molecule has 0 spiro atoms. The zero-order chi connectivity index (χ0) is 20.5. The Morgan fingerprint density at radius 3 is 2.61 bits per heavy atom. The van der Waals surface area contributed by atoms with Crippen LogP contribution in [-0.2, 0) is 4.79 Å². The van der Waals surface area contributed by atoms with E-state index in [9.17, 15) is 4.79 Å². The van der Waals surface area contributed by atoms with Gasteiger partial charge in [-0.2, -0.15) is 5.26 Å². The minimum atomic E-state index is -0.188. The molecule has 0 saturated carbocycles. The molecule has 0 N–H and O–H groups in total. The van der Waals surface area contributed by atoms with Crippen LogP contribution >= 0.6 is 15.9 Å². The first kappa shape index (κ1) is 21.6. The third-order valence-corrected chi connectivity index (χ3v) is 4.57. The van der Waals surface area contributed by atoms with Gasteiger partial charge < -0.3 is 19.1 Å². The van der Waals surface area contributed by atoms with E-state index in [1.807, 2.05) is 38.1 Å². The Balaban J connectivity index is 1.91. The second kappa shape index (κ2) is 10.6. The van der Waals surface area contributed by atoms with Crippen LogP contribution in [-0.4, -0.2) is 44.2 Å². The lowest BCUT2D eigenvalue weighted by atomic mass is 10.2. The molecule has 0 saturated heterocycles. The molecular weight excluding hydrogens is 424 g/mol. The van der Waals surface area contributed by atoms with Gasteiger partial charge in [0.15, 0.2) is 18.1 Å². The number of ether oxygens (including phenoxy) is 3. The molecule has 0 aliphatic heterocycles.